The highest BCUT2D eigenvalue weighted by atomic mass is 16.5. The van der Waals surface area contributed by atoms with E-state index in [2.05, 4.69) is 5.32 Å². The van der Waals surface area contributed by atoms with E-state index in [-0.39, 0.29) is 12.1 Å². The number of rotatable bonds is 5. The van der Waals surface area contributed by atoms with E-state index in [0.29, 0.717) is 41.7 Å². The Kier molecular flexibility index (Phi) is 4.45. The molecule has 2 atom stereocenters. The lowest BCUT2D eigenvalue weighted by Crippen LogP contribution is -2.65. The molecule has 1 N–H and O–H groups in total. The van der Waals surface area contributed by atoms with E-state index in [1.54, 1.807) is 37.3 Å². The predicted octanol–water partition coefficient (Wildman–Crippen LogP) is 3.87. The number of nitrogens with one attached hydrogen (secondary N) is 1. The predicted molar refractivity (Wildman–Crippen MR) is 105 cm³/mol. The van der Waals surface area contributed by atoms with E-state index in [1.807, 2.05) is 32.0 Å². The quantitative estimate of drug-likeness (QED) is 0.847. The summed E-state index contributed by atoms with van der Waals surface area (Å²) in [5.74, 6) is 2.52. The molecule has 2 aromatic rings. The summed E-state index contributed by atoms with van der Waals surface area (Å²) < 4.78 is 23.0. The zero-order valence-electron chi connectivity index (χ0n) is 16.4. The van der Waals surface area contributed by atoms with Crippen LogP contribution in [0.3, 0.4) is 0 Å². The van der Waals surface area contributed by atoms with E-state index in [9.17, 15) is 4.79 Å². The van der Waals surface area contributed by atoms with Crippen LogP contribution >= 0.6 is 0 Å². The summed E-state index contributed by atoms with van der Waals surface area (Å²) >= 11 is 0. The summed E-state index contributed by atoms with van der Waals surface area (Å²) in [5.41, 5.74) is 0.645. The average Bonchev–Trinajstić information content (AvgIpc) is 2.68. The zero-order chi connectivity index (χ0) is 19.9. The van der Waals surface area contributed by atoms with Gasteiger partial charge < -0.3 is 24.3 Å². The molecule has 148 valence electrons. The van der Waals surface area contributed by atoms with Crippen LogP contribution in [0.2, 0.25) is 0 Å². The first-order valence-electron chi connectivity index (χ1n) is 9.28. The second-order valence-corrected chi connectivity index (χ2v) is 6.96. The van der Waals surface area contributed by atoms with Crippen LogP contribution in [0.5, 0.6) is 23.0 Å². The van der Waals surface area contributed by atoms with Gasteiger partial charge in [-0.1, -0.05) is 12.1 Å². The summed E-state index contributed by atoms with van der Waals surface area (Å²) in [6.45, 7) is 4.37. The van der Waals surface area contributed by atoms with Crippen LogP contribution in [0.25, 0.3) is 0 Å². The molecule has 2 bridgehead atoms. The fraction of sp³-hybridized carbons (Fsp3) is 0.381. The van der Waals surface area contributed by atoms with Crippen LogP contribution in [0.15, 0.2) is 36.4 Å². The first-order chi connectivity index (χ1) is 13.5. The lowest BCUT2D eigenvalue weighted by atomic mass is 9.90. The molecule has 7 nitrogen and oxygen atoms in total. The number of nitrogens with zero attached hydrogens (tertiary/aromatic N) is 1. The number of hydrogen-bond acceptors (Lipinski definition) is 5. The van der Waals surface area contributed by atoms with E-state index in [1.165, 1.54) is 0 Å². The van der Waals surface area contributed by atoms with Gasteiger partial charge in [0.2, 0.25) is 0 Å². The summed E-state index contributed by atoms with van der Waals surface area (Å²) in [7, 11) is 3.15. The number of urea groups is 1. The van der Waals surface area contributed by atoms with Gasteiger partial charge in [0.25, 0.3) is 0 Å². The van der Waals surface area contributed by atoms with Gasteiger partial charge in [0, 0.05) is 18.1 Å². The minimum atomic E-state index is -0.894. The lowest BCUT2D eigenvalue weighted by Gasteiger charge is -2.50. The number of hydrogen-bond donors (Lipinski definition) is 1. The van der Waals surface area contributed by atoms with Crippen LogP contribution in [-0.4, -0.2) is 32.6 Å². The first kappa shape index (κ1) is 18.3. The molecule has 28 heavy (non-hydrogen) atoms. The molecule has 0 aromatic heterocycles. The van der Waals surface area contributed by atoms with Crippen LogP contribution in [0.1, 0.15) is 31.9 Å². The highest BCUT2D eigenvalue weighted by Gasteiger charge is 2.51. The van der Waals surface area contributed by atoms with Crippen molar-refractivity contribution in [1.82, 2.24) is 5.32 Å². The van der Waals surface area contributed by atoms with Gasteiger partial charge in [-0.05, 0) is 32.0 Å². The van der Waals surface area contributed by atoms with Gasteiger partial charge in [-0.25, -0.2) is 4.79 Å². The van der Waals surface area contributed by atoms with E-state index in [4.69, 9.17) is 18.9 Å². The molecule has 2 unspecified atom stereocenters. The number of ether oxygens (including phenoxy) is 4. The third-order valence-corrected chi connectivity index (χ3v) is 5.19. The van der Waals surface area contributed by atoms with Gasteiger partial charge >= 0.3 is 6.03 Å². The number of anilines is 1. The van der Waals surface area contributed by atoms with Gasteiger partial charge in [-0.2, -0.15) is 0 Å². The molecule has 1 saturated heterocycles. The maximum Gasteiger partial charge on any atom is 0.325 e. The van der Waals surface area contributed by atoms with Crippen LogP contribution < -0.4 is 29.2 Å². The van der Waals surface area contributed by atoms with E-state index < -0.39 is 5.72 Å². The number of para-hydroxylation sites is 1. The van der Waals surface area contributed by atoms with Gasteiger partial charge in [0.05, 0.1) is 32.6 Å². The van der Waals surface area contributed by atoms with E-state index in [0.717, 1.165) is 5.56 Å². The van der Waals surface area contributed by atoms with Gasteiger partial charge in [0.1, 0.15) is 11.5 Å². The highest BCUT2D eigenvalue weighted by Crippen LogP contribution is 2.50. The van der Waals surface area contributed by atoms with Crippen molar-refractivity contribution in [2.75, 3.05) is 25.7 Å². The molecule has 2 aliphatic heterocycles. The van der Waals surface area contributed by atoms with Crippen molar-refractivity contribution in [1.29, 1.82) is 0 Å². The summed E-state index contributed by atoms with van der Waals surface area (Å²) in [4.78, 5) is 14.7. The Labute approximate surface area is 164 Å². The third-order valence-electron chi connectivity index (χ3n) is 5.19. The molecule has 2 amide bonds. The minimum absolute atomic E-state index is 0.151. The van der Waals surface area contributed by atoms with Crippen molar-refractivity contribution >= 4 is 11.7 Å². The highest BCUT2D eigenvalue weighted by molar-refractivity contribution is 5.96. The fourth-order valence-electron chi connectivity index (χ4n) is 3.96. The molecule has 0 saturated carbocycles. The molecular weight excluding hydrogens is 360 g/mol. The van der Waals surface area contributed by atoms with Crippen LogP contribution in [0.4, 0.5) is 10.5 Å². The van der Waals surface area contributed by atoms with Crippen molar-refractivity contribution in [3.8, 4) is 23.0 Å². The Morgan fingerprint density at radius 3 is 2.75 bits per heavy atom. The second kappa shape index (κ2) is 6.82. The number of benzene rings is 2. The summed E-state index contributed by atoms with van der Waals surface area (Å²) in [6, 6.07) is 10.7. The van der Waals surface area contributed by atoms with Gasteiger partial charge in [-0.3, -0.25) is 4.90 Å². The minimum Gasteiger partial charge on any atom is -0.497 e. The first-order valence-corrected chi connectivity index (χ1v) is 9.28. The topological polar surface area (TPSA) is 69.3 Å². The zero-order valence-corrected chi connectivity index (χ0v) is 16.4. The number of fused-ring (bicyclic) bond motifs is 4. The standard InChI is InChI=1S/C21H24N2O5/c1-5-27-17-8-6-7-14-15-12-21(2,28-19(14)17)23(20(24)22-15)16-10-9-13(25-3)11-18(16)26-4/h6-11,15H,5,12H2,1-4H3,(H,22,24). The van der Waals surface area contributed by atoms with Crippen LogP contribution in [0, 0.1) is 0 Å². The number of carbonyl (C=O) groups is 1. The number of carbonyl (C=O) groups excluding carboxylic acids is 1. The van der Waals surface area contributed by atoms with Crippen molar-refractivity contribution in [3.05, 3.63) is 42.0 Å². The third kappa shape index (κ3) is 2.78. The smallest absolute Gasteiger partial charge is 0.325 e. The van der Waals surface area contributed by atoms with Gasteiger partial charge in [-0.15, -0.1) is 0 Å². The molecule has 2 heterocycles. The summed E-state index contributed by atoms with van der Waals surface area (Å²) in [6.07, 6.45) is 0.594. The van der Waals surface area contributed by atoms with E-state index >= 15 is 0 Å². The molecule has 0 radical (unpaired) electrons. The van der Waals surface area contributed by atoms with Crippen molar-refractivity contribution in [3.63, 3.8) is 0 Å². The molecule has 2 aliphatic rings. The molecule has 2 aromatic carbocycles. The molecule has 1 fully saturated rings. The molecule has 7 heteroatoms. The monoisotopic (exact) mass is 384 g/mol. The molecule has 0 spiro atoms. The molecule has 0 aliphatic carbocycles. The Morgan fingerprint density at radius 1 is 1.21 bits per heavy atom. The average molecular weight is 384 g/mol. The number of methoxy groups -OCH3 is 2. The van der Waals surface area contributed by atoms with Gasteiger partial charge in [0.15, 0.2) is 17.2 Å². The largest absolute Gasteiger partial charge is 0.497 e. The maximum absolute atomic E-state index is 13.1. The Balaban J connectivity index is 1.80. The fourth-order valence-corrected chi connectivity index (χ4v) is 3.96. The van der Waals surface area contributed by atoms with Crippen molar-refractivity contribution in [2.45, 2.75) is 32.0 Å². The lowest BCUT2D eigenvalue weighted by molar-refractivity contribution is 0.0339. The summed E-state index contributed by atoms with van der Waals surface area (Å²) in [5, 5.41) is 3.09. The SMILES string of the molecule is CCOc1cccc2c1OC1(C)CC2NC(=O)N1c1ccc(OC)cc1OC. The van der Waals surface area contributed by atoms with Crippen molar-refractivity contribution < 1.29 is 23.7 Å². The van der Waals surface area contributed by atoms with Crippen molar-refractivity contribution in [2.24, 2.45) is 0 Å². The Morgan fingerprint density at radius 2 is 2.04 bits per heavy atom. The Bertz CT molecular complexity index is 916. The normalized spacial score (nSPS) is 22.6. The molecule has 4 rings (SSSR count). The molecular formula is C21H24N2O5. The Hall–Kier alpha value is -3.09. The number of amides is 2. The van der Waals surface area contributed by atoms with Crippen LogP contribution in [-0.2, 0) is 0 Å². The second-order valence-electron chi connectivity index (χ2n) is 6.96. The maximum atomic E-state index is 13.1.